The van der Waals surface area contributed by atoms with Crippen LogP contribution in [0.3, 0.4) is 0 Å². The Balaban J connectivity index is 2.55. The zero-order valence-electron chi connectivity index (χ0n) is 12.8. The third-order valence-corrected chi connectivity index (χ3v) is 4.61. The first kappa shape index (κ1) is 17.9. The van der Waals surface area contributed by atoms with Crippen LogP contribution in [0.4, 0.5) is 5.69 Å². The summed E-state index contributed by atoms with van der Waals surface area (Å²) in [5.74, 6) is 0. The van der Waals surface area contributed by atoms with E-state index < -0.39 is 10.0 Å². The van der Waals surface area contributed by atoms with Gasteiger partial charge in [-0.15, -0.1) is 0 Å². The van der Waals surface area contributed by atoms with Gasteiger partial charge in [0, 0.05) is 25.9 Å². The molecule has 1 aromatic rings. The second-order valence-corrected chi connectivity index (χ2v) is 6.57. The van der Waals surface area contributed by atoms with Gasteiger partial charge in [-0.1, -0.05) is 0 Å². The molecule has 0 aliphatic heterocycles. The van der Waals surface area contributed by atoms with Crippen LogP contribution in [-0.2, 0) is 19.5 Å². The molecule has 6 nitrogen and oxygen atoms in total. The molecule has 1 aromatic carbocycles. The van der Waals surface area contributed by atoms with Gasteiger partial charge in [0.05, 0.1) is 18.1 Å². The van der Waals surface area contributed by atoms with Gasteiger partial charge in [0.1, 0.15) is 0 Å². The first-order valence-electron chi connectivity index (χ1n) is 6.81. The average molecular weight is 316 g/mol. The van der Waals surface area contributed by atoms with Crippen LogP contribution in [0.15, 0.2) is 17.0 Å². The van der Waals surface area contributed by atoms with Gasteiger partial charge in [0.25, 0.3) is 0 Å². The predicted octanol–water partition coefficient (Wildman–Crippen LogP) is 1.22. The number of methoxy groups -OCH3 is 1. The molecule has 0 spiro atoms. The summed E-state index contributed by atoms with van der Waals surface area (Å²) in [4.78, 5) is 0.236. The number of nitrogens with one attached hydrogen (secondary N) is 1. The fraction of sp³-hybridized carbons (Fsp3) is 0.571. The molecule has 0 saturated carbocycles. The number of ether oxygens (including phenoxy) is 2. The van der Waals surface area contributed by atoms with E-state index in [1.165, 1.54) is 0 Å². The second kappa shape index (κ2) is 8.33. The lowest BCUT2D eigenvalue weighted by molar-refractivity contribution is 0.0699. The van der Waals surface area contributed by atoms with Crippen LogP contribution in [0, 0.1) is 13.8 Å². The Labute approximate surface area is 126 Å². The maximum Gasteiger partial charge on any atom is 0.240 e. The maximum atomic E-state index is 12.3. The molecule has 0 fully saturated rings. The van der Waals surface area contributed by atoms with Crippen molar-refractivity contribution in [1.29, 1.82) is 0 Å². The van der Waals surface area contributed by atoms with E-state index in [2.05, 4.69) is 4.72 Å². The number of benzene rings is 1. The minimum Gasteiger partial charge on any atom is -0.398 e. The smallest absolute Gasteiger partial charge is 0.240 e. The van der Waals surface area contributed by atoms with Crippen LogP contribution in [-0.4, -0.2) is 41.9 Å². The quantitative estimate of drug-likeness (QED) is 0.528. The Hall–Kier alpha value is -1.15. The Bertz CT molecular complexity index is 558. The Morgan fingerprint density at radius 2 is 1.90 bits per heavy atom. The minimum atomic E-state index is -3.54. The van der Waals surface area contributed by atoms with Gasteiger partial charge in [-0.25, -0.2) is 13.1 Å². The van der Waals surface area contributed by atoms with E-state index in [1.54, 1.807) is 26.2 Å². The fourth-order valence-electron chi connectivity index (χ4n) is 1.83. The summed E-state index contributed by atoms with van der Waals surface area (Å²) in [6, 6.07) is 3.39. The van der Waals surface area contributed by atoms with Crippen molar-refractivity contribution >= 4 is 15.7 Å². The van der Waals surface area contributed by atoms with Gasteiger partial charge < -0.3 is 15.2 Å². The number of sulfonamides is 1. The minimum absolute atomic E-state index is 0.236. The zero-order chi connectivity index (χ0) is 15.9. The number of aryl methyl sites for hydroxylation is 1. The summed E-state index contributed by atoms with van der Waals surface area (Å²) in [6.45, 7) is 5.38. The fourth-order valence-corrected chi connectivity index (χ4v) is 3.27. The number of anilines is 1. The molecule has 0 unspecified atom stereocenters. The van der Waals surface area contributed by atoms with Gasteiger partial charge in [-0.05, 0) is 43.5 Å². The van der Waals surface area contributed by atoms with Gasteiger partial charge in [-0.3, -0.25) is 0 Å². The van der Waals surface area contributed by atoms with Crippen LogP contribution in [0.1, 0.15) is 17.5 Å². The van der Waals surface area contributed by atoms with Gasteiger partial charge in [0.15, 0.2) is 0 Å². The summed E-state index contributed by atoms with van der Waals surface area (Å²) >= 11 is 0. The lowest BCUT2D eigenvalue weighted by atomic mass is 10.1. The number of nitrogens with two attached hydrogens (primary N) is 1. The van der Waals surface area contributed by atoms with Crippen molar-refractivity contribution < 1.29 is 17.9 Å². The van der Waals surface area contributed by atoms with E-state index in [0.29, 0.717) is 44.0 Å². The maximum absolute atomic E-state index is 12.3. The Morgan fingerprint density at radius 1 is 1.19 bits per heavy atom. The van der Waals surface area contributed by atoms with E-state index in [9.17, 15) is 8.42 Å². The standard InChI is InChI=1S/C14H24N2O4S/c1-11-9-13(15)12(2)14(10-11)21(17,18)16-5-4-6-20-8-7-19-3/h9-10,16H,4-8,15H2,1-3H3. The molecule has 0 saturated heterocycles. The summed E-state index contributed by atoms with van der Waals surface area (Å²) in [5.41, 5.74) is 7.70. The van der Waals surface area contributed by atoms with Crippen molar-refractivity contribution in [3.8, 4) is 0 Å². The second-order valence-electron chi connectivity index (χ2n) is 4.83. The van der Waals surface area contributed by atoms with Gasteiger partial charge in [0.2, 0.25) is 10.0 Å². The third-order valence-electron chi connectivity index (χ3n) is 3.02. The monoisotopic (exact) mass is 316 g/mol. The molecule has 7 heteroatoms. The lowest BCUT2D eigenvalue weighted by Crippen LogP contribution is -2.26. The molecule has 3 N–H and O–H groups in total. The summed E-state index contributed by atoms with van der Waals surface area (Å²) < 4.78 is 37.2. The van der Waals surface area contributed by atoms with Crippen LogP contribution in [0.25, 0.3) is 0 Å². The first-order valence-corrected chi connectivity index (χ1v) is 8.30. The highest BCUT2D eigenvalue weighted by atomic mass is 32.2. The van der Waals surface area contributed by atoms with E-state index in [-0.39, 0.29) is 4.90 Å². The normalized spacial score (nSPS) is 11.8. The molecule has 0 radical (unpaired) electrons. The SMILES string of the molecule is COCCOCCCNS(=O)(=O)c1cc(C)cc(N)c1C. The van der Waals surface area contributed by atoms with Crippen molar-refractivity contribution in [1.82, 2.24) is 4.72 Å². The Morgan fingerprint density at radius 3 is 2.57 bits per heavy atom. The molecule has 0 amide bonds. The molecule has 0 atom stereocenters. The lowest BCUT2D eigenvalue weighted by Gasteiger charge is -2.12. The van der Waals surface area contributed by atoms with Gasteiger partial charge in [-0.2, -0.15) is 0 Å². The highest BCUT2D eigenvalue weighted by Crippen LogP contribution is 2.22. The van der Waals surface area contributed by atoms with Crippen LogP contribution in [0.2, 0.25) is 0 Å². The van der Waals surface area contributed by atoms with Crippen LogP contribution >= 0.6 is 0 Å². The highest BCUT2D eigenvalue weighted by Gasteiger charge is 2.18. The van der Waals surface area contributed by atoms with Crippen LogP contribution < -0.4 is 10.5 Å². The van der Waals surface area contributed by atoms with E-state index >= 15 is 0 Å². The van der Waals surface area contributed by atoms with Crippen molar-refractivity contribution in [2.75, 3.05) is 39.2 Å². The van der Waals surface area contributed by atoms with Gasteiger partial charge >= 0.3 is 0 Å². The molecule has 0 aliphatic rings. The van der Waals surface area contributed by atoms with E-state index in [0.717, 1.165) is 5.56 Å². The zero-order valence-corrected chi connectivity index (χ0v) is 13.6. The highest BCUT2D eigenvalue weighted by molar-refractivity contribution is 7.89. The molecule has 120 valence electrons. The van der Waals surface area contributed by atoms with E-state index in [1.807, 2.05) is 6.92 Å². The van der Waals surface area contributed by atoms with E-state index in [4.69, 9.17) is 15.2 Å². The molecular weight excluding hydrogens is 292 g/mol. The van der Waals surface area contributed by atoms with Crippen molar-refractivity contribution in [3.63, 3.8) is 0 Å². The number of nitrogen functional groups attached to an aromatic ring is 1. The summed E-state index contributed by atoms with van der Waals surface area (Å²) in [6.07, 6.45) is 0.600. The largest absolute Gasteiger partial charge is 0.398 e. The topological polar surface area (TPSA) is 90.6 Å². The molecule has 1 rings (SSSR count). The summed E-state index contributed by atoms with van der Waals surface area (Å²) in [5, 5.41) is 0. The third kappa shape index (κ3) is 5.62. The number of rotatable bonds is 9. The molecule has 0 heterocycles. The number of hydrogen-bond donors (Lipinski definition) is 2. The van der Waals surface area contributed by atoms with Crippen molar-refractivity contribution in [3.05, 3.63) is 23.3 Å². The number of hydrogen-bond acceptors (Lipinski definition) is 5. The molecular formula is C14H24N2O4S. The molecule has 0 bridgehead atoms. The summed E-state index contributed by atoms with van der Waals surface area (Å²) in [7, 11) is -1.94. The molecule has 21 heavy (non-hydrogen) atoms. The average Bonchev–Trinajstić information content (AvgIpc) is 2.41. The molecule has 0 aromatic heterocycles. The van der Waals surface area contributed by atoms with Crippen molar-refractivity contribution in [2.24, 2.45) is 0 Å². The first-order chi connectivity index (χ1) is 9.88. The Kier molecular flexibility index (Phi) is 7.10. The molecule has 0 aliphatic carbocycles. The van der Waals surface area contributed by atoms with Crippen LogP contribution in [0.5, 0.6) is 0 Å². The van der Waals surface area contributed by atoms with Crippen molar-refractivity contribution in [2.45, 2.75) is 25.2 Å². The predicted molar refractivity (Wildman–Crippen MR) is 82.8 cm³/mol.